The molecule has 1 aliphatic rings. The Balaban J connectivity index is 1.79. The van der Waals surface area contributed by atoms with E-state index in [9.17, 15) is 18.9 Å². The molecule has 2 aromatic heterocycles. The van der Waals surface area contributed by atoms with Crippen molar-refractivity contribution in [2.24, 2.45) is 11.8 Å². The lowest BCUT2D eigenvalue weighted by Gasteiger charge is -2.34. The first kappa shape index (κ1) is 37.7. The zero-order chi connectivity index (χ0) is 36.1. The van der Waals surface area contributed by atoms with E-state index in [0.29, 0.717) is 5.52 Å². The van der Waals surface area contributed by atoms with Crippen LogP contribution in [-0.4, -0.2) is 75.7 Å². The number of alkyl halides is 1. The van der Waals surface area contributed by atoms with Crippen LogP contribution in [0.5, 0.6) is 5.75 Å². The number of ether oxygens (including phenoxy) is 4. The van der Waals surface area contributed by atoms with Crippen molar-refractivity contribution < 1.29 is 51.3 Å². The van der Waals surface area contributed by atoms with E-state index in [2.05, 4.69) is 15.2 Å². The predicted octanol–water partition coefficient (Wildman–Crippen LogP) is 4.36. The van der Waals surface area contributed by atoms with Crippen molar-refractivity contribution in [2.75, 3.05) is 19.0 Å². The summed E-state index contributed by atoms with van der Waals surface area (Å²) < 4.78 is 66.2. The molecular formula is C32H43FN5O10P. The summed E-state index contributed by atoms with van der Waals surface area (Å²) >= 11 is 0. The standard InChI is InChI=1S/C32H43FN5O10P/c1-18(2)29(39)45-26-25(23-13-14-24-28(34)35-17-36-38(23)24)47-32(15-33,27(26)46-30(40)19(3)4)16-43-49(42,48-22-11-9-8-10-12-22)37-21(7)31(41)44-20(5)6/h8-14,17-21,25-27H,15-16H2,1-7H3,(H,37,42)(H2,34,35,36)/t21-,25-,26-,27-,32+,49-/m0/s1. The first-order valence-electron chi connectivity index (χ1n) is 15.8. The molecule has 0 bridgehead atoms. The van der Waals surface area contributed by atoms with Crippen molar-refractivity contribution in [3.63, 3.8) is 0 Å². The average molecular weight is 708 g/mol. The first-order valence-corrected chi connectivity index (χ1v) is 17.3. The average Bonchev–Trinajstić information content (AvgIpc) is 3.60. The minimum absolute atomic E-state index is 0.103. The summed E-state index contributed by atoms with van der Waals surface area (Å²) in [5.74, 6) is -3.26. The van der Waals surface area contributed by atoms with Crippen LogP contribution in [0.4, 0.5) is 10.2 Å². The zero-order valence-corrected chi connectivity index (χ0v) is 29.3. The van der Waals surface area contributed by atoms with E-state index < -0.39 is 86.8 Å². The van der Waals surface area contributed by atoms with E-state index in [1.54, 1.807) is 71.9 Å². The molecule has 0 amide bonds. The second-order valence-electron chi connectivity index (χ2n) is 12.5. The molecule has 0 saturated carbocycles. The molecule has 0 spiro atoms. The van der Waals surface area contributed by atoms with Gasteiger partial charge in [-0.3, -0.25) is 18.9 Å². The van der Waals surface area contributed by atoms with E-state index in [4.69, 9.17) is 33.7 Å². The monoisotopic (exact) mass is 707 g/mol. The summed E-state index contributed by atoms with van der Waals surface area (Å²) in [6.07, 6.45) is -3.64. The third kappa shape index (κ3) is 8.74. The second kappa shape index (κ2) is 15.6. The normalized spacial score (nSPS) is 22.6. The number of benzene rings is 1. The maximum Gasteiger partial charge on any atom is 0.459 e. The molecule has 0 radical (unpaired) electrons. The van der Waals surface area contributed by atoms with E-state index >= 15 is 4.39 Å². The number of anilines is 1. The van der Waals surface area contributed by atoms with Crippen LogP contribution < -0.4 is 15.3 Å². The van der Waals surface area contributed by atoms with Crippen LogP contribution in [0.2, 0.25) is 0 Å². The van der Waals surface area contributed by atoms with Gasteiger partial charge in [0.25, 0.3) is 0 Å². The summed E-state index contributed by atoms with van der Waals surface area (Å²) in [5, 5.41) is 6.78. The number of fused-ring (bicyclic) bond motifs is 1. The summed E-state index contributed by atoms with van der Waals surface area (Å²) in [4.78, 5) is 42.8. The molecule has 1 aliphatic heterocycles. The molecule has 1 saturated heterocycles. The largest absolute Gasteiger partial charge is 0.462 e. The van der Waals surface area contributed by atoms with E-state index in [0.717, 1.165) is 0 Å². The van der Waals surface area contributed by atoms with Gasteiger partial charge in [-0.1, -0.05) is 45.9 Å². The number of carbonyl (C=O) groups excluding carboxylic acids is 3. The Hall–Kier alpha value is -4.11. The Labute approximate surface area is 283 Å². The Bertz CT molecular complexity index is 1670. The van der Waals surface area contributed by atoms with Crippen molar-refractivity contribution in [1.82, 2.24) is 19.7 Å². The fourth-order valence-electron chi connectivity index (χ4n) is 4.88. The molecule has 17 heteroatoms. The highest BCUT2D eigenvalue weighted by Crippen LogP contribution is 2.50. The Morgan fingerprint density at radius 3 is 2.27 bits per heavy atom. The minimum Gasteiger partial charge on any atom is -0.462 e. The number of nitrogens with two attached hydrogens (primary N) is 1. The smallest absolute Gasteiger partial charge is 0.459 e. The molecule has 15 nitrogen and oxygen atoms in total. The highest BCUT2D eigenvalue weighted by Gasteiger charge is 2.62. The molecule has 0 unspecified atom stereocenters. The van der Waals surface area contributed by atoms with Crippen LogP contribution in [0.25, 0.3) is 5.52 Å². The number of para-hydroxylation sites is 1. The zero-order valence-electron chi connectivity index (χ0n) is 28.4. The summed E-state index contributed by atoms with van der Waals surface area (Å²) in [6.45, 7) is 8.80. The number of carbonyl (C=O) groups is 3. The van der Waals surface area contributed by atoms with Crippen molar-refractivity contribution in [3.8, 4) is 5.75 Å². The molecule has 1 aromatic carbocycles. The maximum absolute atomic E-state index is 15.6. The molecular weight excluding hydrogens is 664 g/mol. The number of rotatable bonds is 15. The van der Waals surface area contributed by atoms with Crippen molar-refractivity contribution >= 4 is 37.0 Å². The molecule has 1 fully saturated rings. The van der Waals surface area contributed by atoms with Gasteiger partial charge in [0.15, 0.2) is 23.6 Å². The molecule has 0 aliphatic carbocycles. The summed E-state index contributed by atoms with van der Waals surface area (Å²) in [6, 6.07) is 9.92. The van der Waals surface area contributed by atoms with E-state index in [1.165, 1.54) is 29.9 Å². The van der Waals surface area contributed by atoms with Gasteiger partial charge in [-0.25, -0.2) is 18.5 Å². The van der Waals surface area contributed by atoms with Gasteiger partial charge in [-0.15, -0.1) is 0 Å². The van der Waals surface area contributed by atoms with Crippen LogP contribution in [0, 0.1) is 11.8 Å². The molecule has 3 N–H and O–H groups in total. The van der Waals surface area contributed by atoms with Crippen LogP contribution in [0.1, 0.15) is 60.3 Å². The third-order valence-electron chi connectivity index (χ3n) is 7.45. The number of nitrogens with one attached hydrogen (secondary N) is 1. The highest BCUT2D eigenvalue weighted by atomic mass is 31.2. The second-order valence-corrected chi connectivity index (χ2v) is 14.2. The number of hydrogen-bond acceptors (Lipinski definition) is 13. The van der Waals surface area contributed by atoms with Gasteiger partial charge < -0.3 is 29.2 Å². The van der Waals surface area contributed by atoms with E-state index in [-0.39, 0.29) is 17.3 Å². The van der Waals surface area contributed by atoms with Gasteiger partial charge >= 0.3 is 25.7 Å². The topological polar surface area (TPSA) is 192 Å². The minimum atomic E-state index is -4.56. The van der Waals surface area contributed by atoms with E-state index in [1.807, 2.05) is 0 Å². The molecule has 4 rings (SSSR count). The van der Waals surface area contributed by atoms with Gasteiger partial charge in [0, 0.05) is 0 Å². The summed E-state index contributed by atoms with van der Waals surface area (Å²) in [7, 11) is -4.56. The van der Waals surface area contributed by atoms with Crippen molar-refractivity contribution in [2.45, 2.75) is 84.5 Å². The SMILES string of the molecule is CC(C)OC(=O)[C@H](C)N[P@](=O)(OC[C@@]1(CF)O[C@@H](c2ccc3c(N)ncnn23)[C@H](OC(=O)C(C)C)[C@@H]1OC(=O)C(C)C)Oc1ccccc1. The third-order valence-corrected chi connectivity index (χ3v) is 9.07. The highest BCUT2D eigenvalue weighted by molar-refractivity contribution is 7.52. The van der Waals surface area contributed by atoms with Crippen LogP contribution in [0.15, 0.2) is 48.8 Å². The quantitative estimate of drug-likeness (QED) is 0.129. The maximum atomic E-state index is 15.6. The number of nitrogens with zero attached hydrogens (tertiary/aromatic N) is 3. The first-order chi connectivity index (χ1) is 23.1. The van der Waals surface area contributed by atoms with Gasteiger partial charge in [0.05, 0.1) is 30.2 Å². The van der Waals surface area contributed by atoms with Crippen molar-refractivity contribution in [1.29, 1.82) is 0 Å². The number of aromatic nitrogens is 3. The van der Waals surface area contributed by atoms with Crippen LogP contribution >= 0.6 is 7.75 Å². The molecule has 49 heavy (non-hydrogen) atoms. The molecule has 3 heterocycles. The van der Waals surface area contributed by atoms with Gasteiger partial charge in [0.1, 0.15) is 36.4 Å². The Kier molecular flexibility index (Phi) is 12.0. The Morgan fingerprint density at radius 1 is 1.00 bits per heavy atom. The van der Waals surface area contributed by atoms with Crippen LogP contribution in [0.3, 0.4) is 0 Å². The van der Waals surface area contributed by atoms with Crippen molar-refractivity contribution in [3.05, 3.63) is 54.5 Å². The summed E-state index contributed by atoms with van der Waals surface area (Å²) in [5.41, 5.74) is 4.46. The number of hydrogen-bond donors (Lipinski definition) is 2. The lowest BCUT2D eigenvalue weighted by Crippen LogP contribution is -2.52. The fraction of sp³-hybridized carbons (Fsp3) is 0.531. The molecule has 6 atom stereocenters. The van der Waals surface area contributed by atoms with Gasteiger partial charge in [0.2, 0.25) is 0 Å². The Morgan fingerprint density at radius 2 is 1.65 bits per heavy atom. The lowest BCUT2D eigenvalue weighted by molar-refractivity contribution is -0.178. The lowest BCUT2D eigenvalue weighted by atomic mass is 9.95. The fourth-order valence-corrected chi connectivity index (χ4v) is 6.43. The number of nitrogen functional groups attached to an aromatic ring is 1. The number of halogens is 1. The molecule has 3 aromatic rings. The molecule has 268 valence electrons. The van der Waals surface area contributed by atoms with Gasteiger partial charge in [-0.2, -0.15) is 10.2 Å². The number of esters is 3. The predicted molar refractivity (Wildman–Crippen MR) is 174 cm³/mol. The van der Waals surface area contributed by atoms with Crippen LogP contribution in [-0.2, 0) is 42.4 Å². The van der Waals surface area contributed by atoms with Gasteiger partial charge in [-0.05, 0) is 45.0 Å².